The maximum atomic E-state index is 5.67. The summed E-state index contributed by atoms with van der Waals surface area (Å²) in [7, 11) is 4.03. The highest BCUT2D eigenvalue weighted by Gasteiger charge is 2.20. The highest BCUT2D eigenvalue weighted by Crippen LogP contribution is 2.10. The molecule has 172 valence electrons. The molecule has 0 bridgehead atoms. The number of ether oxygens (including phenoxy) is 1. The van der Waals surface area contributed by atoms with Crippen LogP contribution in [0.25, 0.3) is 0 Å². The number of aliphatic imine (C=N–C) groups is 1. The maximum absolute atomic E-state index is 5.67. The van der Waals surface area contributed by atoms with Gasteiger partial charge in [0.05, 0.1) is 12.7 Å². The predicted molar refractivity (Wildman–Crippen MR) is 138 cm³/mol. The zero-order valence-corrected chi connectivity index (χ0v) is 21.8. The van der Waals surface area contributed by atoms with Crippen LogP contribution in [0.15, 0.2) is 35.3 Å². The molecule has 1 atom stereocenters. The minimum atomic E-state index is 0. The van der Waals surface area contributed by atoms with E-state index in [4.69, 9.17) is 4.74 Å². The van der Waals surface area contributed by atoms with Gasteiger partial charge in [0.15, 0.2) is 5.96 Å². The molecule has 0 amide bonds. The number of rotatable bonds is 10. The molecular weight excluding hydrogens is 489 g/mol. The standard InChI is InChI=1S/C23H41N5O.HI/c1-19(2)29-16-15-28-13-11-22(12-14-28)26-23(24-4)25-17-20(3)27(5)18-21-9-7-6-8-10-21;/h6-10,19-20,22H,11-18H2,1-5H3,(H2,24,25,26);1H. The minimum absolute atomic E-state index is 0. The normalized spacial score (nSPS) is 17.1. The van der Waals surface area contributed by atoms with Gasteiger partial charge in [-0.2, -0.15) is 0 Å². The molecule has 1 aliphatic rings. The van der Waals surface area contributed by atoms with Crippen molar-refractivity contribution in [2.75, 3.05) is 46.9 Å². The molecule has 1 aromatic carbocycles. The third-order valence-electron chi connectivity index (χ3n) is 5.60. The van der Waals surface area contributed by atoms with E-state index in [0.29, 0.717) is 18.2 Å². The van der Waals surface area contributed by atoms with Crippen LogP contribution in [0.4, 0.5) is 0 Å². The summed E-state index contributed by atoms with van der Waals surface area (Å²) in [6.45, 7) is 12.4. The number of nitrogens with zero attached hydrogens (tertiary/aromatic N) is 3. The first kappa shape index (κ1) is 27.1. The summed E-state index contributed by atoms with van der Waals surface area (Å²) in [6, 6.07) is 11.5. The Kier molecular flexibility index (Phi) is 13.6. The lowest BCUT2D eigenvalue weighted by Crippen LogP contribution is -2.51. The number of hydrogen-bond acceptors (Lipinski definition) is 4. The minimum Gasteiger partial charge on any atom is -0.377 e. The van der Waals surface area contributed by atoms with Crippen molar-refractivity contribution in [1.29, 1.82) is 0 Å². The molecule has 0 aliphatic carbocycles. The smallest absolute Gasteiger partial charge is 0.191 e. The van der Waals surface area contributed by atoms with Crippen LogP contribution in [0.5, 0.6) is 0 Å². The Morgan fingerprint density at radius 2 is 1.87 bits per heavy atom. The second-order valence-corrected chi connectivity index (χ2v) is 8.38. The van der Waals surface area contributed by atoms with Crippen molar-refractivity contribution >= 4 is 29.9 Å². The quantitative estimate of drug-likeness (QED) is 0.276. The number of guanidine groups is 1. The second kappa shape index (κ2) is 15.0. The van der Waals surface area contributed by atoms with Crippen molar-refractivity contribution in [3.05, 3.63) is 35.9 Å². The van der Waals surface area contributed by atoms with E-state index in [2.05, 4.69) is 83.6 Å². The van der Waals surface area contributed by atoms with E-state index in [1.165, 1.54) is 5.56 Å². The van der Waals surface area contributed by atoms with Gasteiger partial charge in [0, 0.05) is 51.9 Å². The molecule has 7 heteroatoms. The average Bonchev–Trinajstić information content (AvgIpc) is 2.72. The van der Waals surface area contributed by atoms with Gasteiger partial charge in [-0.25, -0.2) is 0 Å². The molecule has 6 nitrogen and oxygen atoms in total. The second-order valence-electron chi connectivity index (χ2n) is 8.38. The fourth-order valence-electron chi connectivity index (χ4n) is 3.53. The van der Waals surface area contributed by atoms with Crippen molar-refractivity contribution in [2.24, 2.45) is 4.99 Å². The highest BCUT2D eigenvalue weighted by atomic mass is 127. The number of hydrogen-bond donors (Lipinski definition) is 2. The predicted octanol–water partition coefficient (Wildman–Crippen LogP) is 3.18. The monoisotopic (exact) mass is 531 g/mol. The summed E-state index contributed by atoms with van der Waals surface area (Å²) in [5.74, 6) is 0.909. The van der Waals surface area contributed by atoms with E-state index >= 15 is 0 Å². The van der Waals surface area contributed by atoms with Gasteiger partial charge in [-0.3, -0.25) is 9.89 Å². The van der Waals surface area contributed by atoms with E-state index in [9.17, 15) is 0 Å². The zero-order valence-electron chi connectivity index (χ0n) is 19.4. The van der Waals surface area contributed by atoms with E-state index in [1.54, 1.807) is 0 Å². The Morgan fingerprint density at radius 1 is 1.20 bits per heavy atom. The van der Waals surface area contributed by atoms with Crippen molar-refractivity contribution in [1.82, 2.24) is 20.4 Å². The molecular formula is C23H42IN5O. The molecule has 1 saturated heterocycles. The summed E-state index contributed by atoms with van der Waals surface area (Å²) in [6.07, 6.45) is 2.61. The van der Waals surface area contributed by atoms with Gasteiger partial charge in [0.25, 0.3) is 0 Å². The number of likely N-dealkylation sites (tertiary alicyclic amines) is 1. The molecule has 2 N–H and O–H groups in total. The van der Waals surface area contributed by atoms with Crippen LogP contribution in [0, 0.1) is 0 Å². The number of likely N-dealkylation sites (N-methyl/N-ethyl adjacent to an activating group) is 1. The van der Waals surface area contributed by atoms with Gasteiger partial charge in [-0.05, 0) is 46.2 Å². The number of piperidine rings is 1. The van der Waals surface area contributed by atoms with Gasteiger partial charge >= 0.3 is 0 Å². The van der Waals surface area contributed by atoms with E-state index < -0.39 is 0 Å². The summed E-state index contributed by atoms with van der Waals surface area (Å²) in [5, 5.41) is 7.11. The van der Waals surface area contributed by atoms with Crippen LogP contribution in [0.2, 0.25) is 0 Å². The molecule has 1 heterocycles. The lowest BCUT2D eigenvalue weighted by atomic mass is 10.1. The maximum Gasteiger partial charge on any atom is 0.191 e. The van der Waals surface area contributed by atoms with E-state index in [0.717, 1.165) is 58.1 Å². The summed E-state index contributed by atoms with van der Waals surface area (Å²) < 4.78 is 5.67. The van der Waals surface area contributed by atoms with Crippen molar-refractivity contribution in [3.63, 3.8) is 0 Å². The van der Waals surface area contributed by atoms with Crippen LogP contribution in [0.3, 0.4) is 0 Å². The highest BCUT2D eigenvalue weighted by molar-refractivity contribution is 14.0. The Balaban J connectivity index is 0.00000450. The molecule has 0 radical (unpaired) electrons. The van der Waals surface area contributed by atoms with Gasteiger partial charge in [-0.1, -0.05) is 30.3 Å². The van der Waals surface area contributed by atoms with Crippen LogP contribution in [-0.2, 0) is 11.3 Å². The molecule has 0 saturated carbocycles. The molecule has 1 aliphatic heterocycles. The molecule has 30 heavy (non-hydrogen) atoms. The largest absolute Gasteiger partial charge is 0.377 e. The molecule has 1 fully saturated rings. The van der Waals surface area contributed by atoms with Crippen LogP contribution < -0.4 is 10.6 Å². The Morgan fingerprint density at radius 3 is 2.47 bits per heavy atom. The number of nitrogens with one attached hydrogen (secondary N) is 2. The average molecular weight is 532 g/mol. The Hall–Kier alpha value is -0.900. The van der Waals surface area contributed by atoms with Crippen LogP contribution in [0.1, 0.15) is 39.2 Å². The fraction of sp³-hybridized carbons (Fsp3) is 0.696. The van der Waals surface area contributed by atoms with Crippen LogP contribution >= 0.6 is 24.0 Å². The van der Waals surface area contributed by atoms with Gasteiger partial charge in [-0.15, -0.1) is 24.0 Å². The van der Waals surface area contributed by atoms with Crippen LogP contribution in [-0.4, -0.2) is 80.8 Å². The Bertz CT molecular complexity index is 591. The number of halogens is 1. The third-order valence-corrected chi connectivity index (χ3v) is 5.60. The van der Waals surface area contributed by atoms with E-state index in [1.807, 2.05) is 7.05 Å². The molecule has 0 aromatic heterocycles. The topological polar surface area (TPSA) is 52.1 Å². The molecule has 0 spiro atoms. The van der Waals surface area contributed by atoms with E-state index in [-0.39, 0.29) is 24.0 Å². The first-order valence-corrected chi connectivity index (χ1v) is 11.0. The molecule has 1 aromatic rings. The van der Waals surface area contributed by atoms with Gasteiger partial charge in [0.2, 0.25) is 0 Å². The fourth-order valence-corrected chi connectivity index (χ4v) is 3.53. The lowest BCUT2D eigenvalue weighted by Gasteiger charge is -2.33. The number of benzene rings is 1. The third kappa shape index (κ3) is 10.4. The summed E-state index contributed by atoms with van der Waals surface area (Å²) in [5.41, 5.74) is 1.34. The first-order chi connectivity index (χ1) is 14.0. The molecule has 1 unspecified atom stereocenters. The molecule has 2 rings (SSSR count). The SMILES string of the molecule is CN=C(NCC(C)N(C)Cc1ccccc1)NC1CCN(CCOC(C)C)CC1.I. The Labute approximate surface area is 200 Å². The zero-order chi connectivity index (χ0) is 21.1. The summed E-state index contributed by atoms with van der Waals surface area (Å²) in [4.78, 5) is 9.29. The van der Waals surface area contributed by atoms with Crippen molar-refractivity contribution < 1.29 is 4.74 Å². The van der Waals surface area contributed by atoms with Gasteiger partial charge in [0.1, 0.15) is 0 Å². The van der Waals surface area contributed by atoms with Gasteiger partial charge < -0.3 is 20.3 Å². The lowest BCUT2D eigenvalue weighted by molar-refractivity contribution is 0.0532. The summed E-state index contributed by atoms with van der Waals surface area (Å²) >= 11 is 0. The van der Waals surface area contributed by atoms with Crippen molar-refractivity contribution in [3.8, 4) is 0 Å². The van der Waals surface area contributed by atoms with Crippen molar-refractivity contribution in [2.45, 2.75) is 58.3 Å². The first-order valence-electron chi connectivity index (χ1n) is 11.0.